The first-order chi connectivity index (χ1) is 8.19. The number of nitrogens with zero attached hydrogens (tertiary/aromatic N) is 3. The van der Waals surface area contributed by atoms with Crippen LogP contribution in [0.25, 0.3) is 0 Å². The molecule has 2 rings (SSSR count). The monoisotopic (exact) mass is 236 g/mol. The van der Waals surface area contributed by atoms with E-state index >= 15 is 0 Å². The van der Waals surface area contributed by atoms with Gasteiger partial charge in [0.1, 0.15) is 0 Å². The highest BCUT2D eigenvalue weighted by molar-refractivity contribution is 5.38. The van der Waals surface area contributed by atoms with Crippen molar-refractivity contribution in [1.29, 1.82) is 0 Å². The Labute approximate surface area is 102 Å². The Kier molecular flexibility index (Phi) is 3.91. The smallest absolute Gasteiger partial charge is 0.151 e. The standard InChI is InChI=1S/C12H20N4O/c1-9-7-16(8-10(2)17-9)12-5-4-11(6-13-3)14-15-12/h4-5,9-10,13H,6-8H2,1-3H3/t9-,10+. The molecule has 0 aliphatic carbocycles. The zero-order valence-corrected chi connectivity index (χ0v) is 10.7. The summed E-state index contributed by atoms with van der Waals surface area (Å²) in [6.07, 6.45) is 0.495. The van der Waals surface area contributed by atoms with Crippen molar-refractivity contribution in [1.82, 2.24) is 15.5 Å². The molecule has 5 heteroatoms. The number of hydrogen-bond donors (Lipinski definition) is 1. The van der Waals surface area contributed by atoms with Crippen LogP contribution in [0.3, 0.4) is 0 Å². The van der Waals surface area contributed by atoms with Crippen LogP contribution in [0.15, 0.2) is 12.1 Å². The lowest BCUT2D eigenvalue weighted by Crippen LogP contribution is -2.45. The Hall–Kier alpha value is -1.20. The largest absolute Gasteiger partial charge is 0.372 e. The third-order valence-corrected chi connectivity index (χ3v) is 2.81. The molecule has 0 saturated carbocycles. The van der Waals surface area contributed by atoms with Gasteiger partial charge in [-0.25, -0.2) is 0 Å². The van der Waals surface area contributed by atoms with Crippen molar-refractivity contribution in [2.24, 2.45) is 0 Å². The summed E-state index contributed by atoms with van der Waals surface area (Å²) in [5.41, 5.74) is 0.964. The van der Waals surface area contributed by atoms with Gasteiger partial charge in [-0.2, -0.15) is 5.10 Å². The number of aromatic nitrogens is 2. The average molecular weight is 236 g/mol. The molecule has 1 aromatic rings. The zero-order chi connectivity index (χ0) is 12.3. The van der Waals surface area contributed by atoms with Crippen molar-refractivity contribution in [2.45, 2.75) is 32.6 Å². The molecule has 0 bridgehead atoms. The van der Waals surface area contributed by atoms with Gasteiger partial charge in [-0.3, -0.25) is 0 Å². The molecule has 1 aliphatic rings. The van der Waals surface area contributed by atoms with Crippen LogP contribution in [-0.2, 0) is 11.3 Å². The quantitative estimate of drug-likeness (QED) is 0.841. The number of anilines is 1. The minimum Gasteiger partial charge on any atom is -0.372 e. The SMILES string of the molecule is CNCc1ccc(N2C[C@@H](C)O[C@@H](C)C2)nn1. The summed E-state index contributed by atoms with van der Waals surface area (Å²) < 4.78 is 5.70. The summed E-state index contributed by atoms with van der Waals surface area (Å²) >= 11 is 0. The molecular formula is C12H20N4O. The van der Waals surface area contributed by atoms with Crippen molar-refractivity contribution in [3.05, 3.63) is 17.8 Å². The molecule has 1 saturated heterocycles. The summed E-state index contributed by atoms with van der Waals surface area (Å²) in [4.78, 5) is 2.23. The Morgan fingerprint density at radius 3 is 2.53 bits per heavy atom. The molecular weight excluding hydrogens is 216 g/mol. The van der Waals surface area contributed by atoms with E-state index in [1.165, 1.54) is 0 Å². The first kappa shape index (κ1) is 12.3. The number of nitrogens with one attached hydrogen (secondary N) is 1. The lowest BCUT2D eigenvalue weighted by Gasteiger charge is -2.35. The molecule has 0 aromatic carbocycles. The summed E-state index contributed by atoms with van der Waals surface area (Å²) in [7, 11) is 1.90. The topological polar surface area (TPSA) is 50.3 Å². The van der Waals surface area contributed by atoms with E-state index in [1.807, 2.05) is 19.2 Å². The molecule has 2 atom stereocenters. The molecule has 1 N–H and O–H groups in total. The Bertz CT molecular complexity index is 344. The Morgan fingerprint density at radius 1 is 1.29 bits per heavy atom. The van der Waals surface area contributed by atoms with Crippen LogP contribution in [0.5, 0.6) is 0 Å². The van der Waals surface area contributed by atoms with Crippen LogP contribution in [0, 0.1) is 0 Å². The fraction of sp³-hybridized carbons (Fsp3) is 0.667. The molecule has 17 heavy (non-hydrogen) atoms. The molecule has 1 fully saturated rings. The third kappa shape index (κ3) is 3.14. The second kappa shape index (κ2) is 5.42. The first-order valence-corrected chi connectivity index (χ1v) is 6.06. The van der Waals surface area contributed by atoms with Crippen LogP contribution in [0.2, 0.25) is 0 Å². The highest BCUT2D eigenvalue weighted by Crippen LogP contribution is 2.17. The first-order valence-electron chi connectivity index (χ1n) is 6.06. The van der Waals surface area contributed by atoms with Crippen LogP contribution >= 0.6 is 0 Å². The zero-order valence-electron chi connectivity index (χ0n) is 10.7. The van der Waals surface area contributed by atoms with Crippen molar-refractivity contribution < 1.29 is 4.74 Å². The third-order valence-electron chi connectivity index (χ3n) is 2.81. The van der Waals surface area contributed by atoms with Crippen LogP contribution in [0.4, 0.5) is 5.82 Å². The fourth-order valence-corrected chi connectivity index (χ4v) is 2.16. The van der Waals surface area contributed by atoms with Crippen molar-refractivity contribution in [2.75, 3.05) is 25.0 Å². The second-order valence-electron chi connectivity index (χ2n) is 4.58. The molecule has 2 heterocycles. The maximum Gasteiger partial charge on any atom is 0.151 e. The summed E-state index contributed by atoms with van der Waals surface area (Å²) in [6.45, 7) is 6.69. The Balaban J connectivity index is 2.06. The summed E-state index contributed by atoms with van der Waals surface area (Å²) in [5.74, 6) is 0.937. The van der Waals surface area contributed by atoms with Gasteiger partial charge in [-0.15, -0.1) is 5.10 Å². The molecule has 94 valence electrons. The Morgan fingerprint density at radius 2 is 2.00 bits per heavy atom. The van der Waals surface area contributed by atoms with E-state index < -0.39 is 0 Å². The van der Waals surface area contributed by atoms with Gasteiger partial charge in [-0.05, 0) is 33.0 Å². The van der Waals surface area contributed by atoms with Gasteiger partial charge in [0.05, 0.1) is 17.9 Å². The van der Waals surface area contributed by atoms with Crippen molar-refractivity contribution >= 4 is 5.82 Å². The molecule has 0 spiro atoms. The van der Waals surface area contributed by atoms with E-state index in [2.05, 4.69) is 34.3 Å². The van der Waals surface area contributed by atoms with Crippen molar-refractivity contribution in [3.63, 3.8) is 0 Å². The number of morpholine rings is 1. The van der Waals surface area contributed by atoms with Crippen molar-refractivity contribution in [3.8, 4) is 0 Å². The number of hydrogen-bond acceptors (Lipinski definition) is 5. The van der Waals surface area contributed by atoms with Crippen LogP contribution < -0.4 is 10.2 Å². The minimum atomic E-state index is 0.248. The average Bonchev–Trinajstić information content (AvgIpc) is 2.29. The number of ether oxygens (including phenoxy) is 1. The molecule has 0 radical (unpaired) electrons. The van der Waals surface area contributed by atoms with E-state index in [0.717, 1.165) is 31.1 Å². The predicted octanol–water partition coefficient (Wildman–Crippen LogP) is 0.810. The van der Waals surface area contributed by atoms with Gasteiger partial charge in [0, 0.05) is 19.6 Å². The van der Waals surface area contributed by atoms with E-state index in [9.17, 15) is 0 Å². The van der Waals surface area contributed by atoms with Gasteiger partial charge >= 0.3 is 0 Å². The minimum absolute atomic E-state index is 0.248. The summed E-state index contributed by atoms with van der Waals surface area (Å²) in [5, 5.41) is 11.5. The van der Waals surface area contributed by atoms with E-state index in [0.29, 0.717) is 0 Å². The van der Waals surface area contributed by atoms with E-state index in [-0.39, 0.29) is 12.2 Å². The highest BCUT2D eigenvalue weighted by Gasteiger charge is 2.23. The van der Waals surface area contributed by atoms with E-state index in [4.69, 9.17) is 4.74 Å². The molecule has 0 amide bonds. The van der Waals surface area contributed by atoms with Crippen LogP contribution in [0.1, 0.15) is 19.5 Å². The second-order valence-corrected chi connectivity index (χ2v) is 4.58. The van der Waals surface area contributed by atoms with Gasteiger partial charge in [0.15, 0.2) is 5.82 Å². The lowest BCUT2D eigenvalue weighted by atomic mass is 10.2. The maximum absolute atomic E-state index is 5.70. The highest BCUT2D eigenvalue weighted by atomic mass is 16.5. The predicted molar refractivity (Wildman–Crippen MR) is 67.0 cm³/mol. The summed E-state index contributed by atoms with van der Waals surface area (Å²) in [6, 6.07) is 4.05. The number of rotatable bonds is 3. The maximum atomic E-state index is 5.70. The fourth-order valence-electron chi connectivity index (χ4n) is 2.16. The van der Waals surface area contributed by atoms with Gasteiger partial charge < -0.3 is 15.0 Å². The normalized spacial score (nSPS) is 25.0. The van der Waals surface area contributed by atoms with Crippen LogP contribution in [-0.4, -0.2) is 42.5 Å². The van der Waals surface area contributed by atoms with Gasteiger partial charge in [0.25, 0.3) is 0 Å². The molecule has 1 aromatic heterocycles. The molecule has 5 nitrogen and oxygen atoms in total. The van der Waals surface area contributed by atoms with Gasteiger partial charge in [0.2, 0.25) is 0 Å². The molecule has 1 aliphatic heterocycles. The lowest BCUT2D eigenvalue weighted by molar-refractivity contribution is -0.00550. The molecule has 0 unspecified atom stereocenters. The van der Waals surface area contributed by atoms with E-state index in [1.54, 1.807) is 0 Å². The van der Waals surface area contributed by atoms with Gasteiger partial charge in [-0.1, -0.05) is 0 Å².